The van der Waals surface area contributed by atoms with Crippen LogP contribution in [0.4, 0.5) is 0 Å². The van der Waals surface area contributed by atoms with E-state index in [1.807, 2.05) is 0 Å². The highest BCUT2D eigenvalue weighted by Gasteiger charge is 2.11. The molecule has 0 aliphatic carbocycles. The normalized spacial score (nSPS) is 9.80. The van der Waals surface area contributed by atoms with Crippen LogP contribution in [0.3, 0.4) is 0 Å². The minimum atomic E-state index is -0.167. The lowest BCUT2D eigenvalue weighted by atomic mass is 10.2. The van der Waals surface area contributed by atoms with E-state index in [4.69, 9.17) is 9.84 Å². The molecule has 0 bridgehead atoms. The fourth-order valence-corrected chi connectivity index (χ4v) is 1.10. The van der Waals surface area contributed by atoms with Gasteiger partial charge >= 0.3 is 0 Å². The molecule has 0 atom stereocenters. The summed E-state index contributed by atoms with van der Waals surface area (Å²) in [4.78, 5) is 17.0. The number of aromatic nitrogens is 1. The van der Waals surface area contributed by atoms with E-state index in [-0.39, 0.29) is 12.5 Å². The predicted octanol–water partition coefficient (Wildman–Crippen LogP) is 0.154. The molecule has 0 unspecified atom stereocenters. The molecule has 0 spiro atoms. The van der Waals surface area contributed by atoms with Gasteiger partial charge in [0, 0.05) is 25.9 Å². The van der Waals surface area contributed by atoms with Crippen molar-refractivity contribution in [1.29, 1.82) is 0 Å². The lowest BCUT2D eigenvalue weighted by Gasteiger charge is -2.15. The number of pyridine rings is 1. The van der Waals surface area contributed by atoms with Crippen LogP contribution < -0.4 is 4.74 Å². The van der Waals surface area contributed by atoms with Gasteiger partial charge in [-0.1, -0.05) is 0 Å². The van der Waals surface area contributed by atoms with E-state index < -0.39 is 0 Å². The van der Waals surface area contributed by atoms with E-state index >= 15 is 0 Å². The molecule has 0 fully saturated rings. The molecule has 1 heterocycles. The van der Waals surface area contributed by atoms with Gasteiger partial charge in [-0.3, -0.25) is 4.79 Å². The van der Waals surface area contributed by atoms with E-state index in [2.05, 4.69) is 4.98 Å². The molecule has 0 aliphatic heterocycles. The Morgan fingerprint density at radius 1 is 1.60 bits per heavy atom. The number of aliphatic hydroxyl groups is 1. The smallest absolute Gasteiger partial charge is 0.255 e. The predicted molar refractivity (Wildman–Crippen MR) is 54.8 cm³/mol. The third-order valence-electron chi connectivity index (χ3n) is 1.97. The highest BCUT2D eigenvalue weighted by atomic mass is 16.5. The number of rotatable bonds is 4. The zero-order valence-electron chi connectivity index (χ0n) is 8.80. The highest BCUT2D eigenvalue weighted by Crippen LogP contribution is 2.08. The Labute approximate surface area is 88.3 Å². The van der Waals surface area contributed by atoms with Crippen molar-refractivity contribution in [2.24, 2.45) is 0 Å². The van der Waals surface area contributed by atoms with Gasteiger partial charge in [0.15, 0.2) is 0 Å². The molecule has 1 aromatic rings. The molecule has 0 saturated heterocycles. The topological polar surface area (TPSA) is 62.7 Å². The molecule has 0 saturated carbocycles. The highest BCUT2D eigenvalue weighted by molar-refractivity contribution is 5.93. The maximum absolute atomic E-state index is 11.7. The molecule has 15 heavy (non-hydrogen) atoms. The molecule has 0 radical (unpaired) electrons. The summed E-state index contributed by atoms with van der Waals surface area (Å²) >= 11 is 0. The molecule has 5 heteroatoms. The monoisotopic (exact) mass is 210 g/mol. The molecular weight excluding hydrogens is 196 g/mol. The number of likely N-dealkylation sites (N-methyl/N-ethyl adjacent to an activating group) is 1. The van der Waals surface area contributed by atoms with E-state index in [1.165, 1.54) is 18.2 Å². The molecule has 1 rings (SSSR count). The van der Waals surface area contributed by atoms with Crippen LogP contribution in [0.1, 0.15) is 10.4 Å². The maximum atomic E-state index is 11.7. The van der Waals surface area contributed by atoms with E-state index in [9.17, 15) is 4.79 Å². The Bertz CT molecular complexity index is 324. The van der Waals surface area contributed by atoms with E-state index in [1.54, 1.807) is 19.2 Å². The molecule has 1 aromatic heterocycles. The van der Waals surface area contributed by atoms with Crippen LogP contribution in [0.5, 0.6) is 5.88 Å². The van der Waals surface area contributed by atoms with Gasteiger partial charge in [0.2, 0.25) is 5.88 Å². The second-order valence-corrected chi connectivity index (χ2v) is 3.04. The van der Waals surface area contributed by atoms with Crippen molar-refractivity contribution in [1.82, 2.24) is 9.88 Å². The van der Waals surface area contributed by atoms with E-state index in [0.29, 0.717) is 18.0 Å². The van der Waals surface area contributed by atoms with Gasteiger partial charge < -0.3 is 14.7 Å². The summed E-state index contributed by atoms with van der Waals surface area (Å²) in [7, 11) is 3.14. The minimum absolute atomic E-state index is 0.0498. The number of carbonyl (C=O) groups is 1. The number of aliphatic hydroxyl groups excluding tert-OH is 1. The first-order valence-corrected chi connectivity index (χ1v) is 4.55. The van der Waals surface area contributed by atoms with Crippen LogP contribution in [0.25, 0.3) is 0 Å². The lowest BCUT2D eigenvalue weighted by molar-refractivity contribution is 0.0766. The first-order chi connectivity index (χ1) is 7.19. The molecule has 5 nitrogen and oxygen atoms in total. The van der Waals surface area contributed by atoms with Crippen molar-refractivity contribution >= 4 is 5.91 Å². The number of ether oxygens (including phenoxy) is 1. The first kappa shape index (κ1) is 11.5. The van der Waals surface area contributed by atoms with Gasteiger partial charge in [-0.25, -0.2) is 4.98 Å². The Kier molecular flexibility index (Phi) is 4.05. The van der Waals surface area contributed by atoms with Gasteiger partial charge in [-0.15, -0.1) is 0 Å². The average molecular weight is 210 g/mol. The van der Waals surface area contributed by atoms with Crippen molar-refractivity contribution in [2.75, 3.05) is 27.3 Å². The van der Waals surface area contributed by atoms with Crippen molar-refractivity contribution in [2.45, 2.75) is 0 Å². The molecule has 1 N–H and O–H groups in total. The van der Waals surface area contributed by atoms with Gasteiger partial charge in [-0.05, 0) is 6.07 Å². The molecule has 82 valence electrons. The van der Waals surface area contributed by atoms with Gasteiger partial charge in [0.05, 0.1) is 19.3 Å². The van der Waals surface area contributed by atoms with Crippen LogP contribution in [0, 0.1) is 0 Å². The number of amides is 1. The zero-order valence-corrected chi connectivity index (χ0v) is 8.80. The first-order valence-electron chi connectivity index (χ1n) is 4.55. The minimum Gasteiger partial charge on any atom is -0.481 e. The lowest BCUT2D eigenvalue weighted by Crippen LogP contribution is -2.29. The van der Waals surface area contributed by atoms with Crippen molar-refractivity contribution in [3.63, 3.8) is 0 Å². The van der Waals surface area contributed by atoms with E-state index in [0.717, 1.165) is 0 Å². The Hall–Kier alpha value is -1.62. The fraction of sp³-hybridized carbons (Fsp3) is 0.400. The fourth-order valence-electron chi connectivity index (χ4n) is 1.10. The van der Waals surface area contributed by atoms with Gasteiger partial charge in [0.1, 0.15) is 0 Å². The van der Waals surface area contributed by atoms with Crippen molar-refractivity contribution in [3.05, 3.63) is 23.9 Å². The van der Waals surface area contributed by atoms with Crippen LogP contribution in [0.15, 0.2) is 18.3 Å². The Morgan fingerprint density at radius 2 is 2.33 bits per heavy atom. The number of hydrogen-bond acceptors (Lipinski definition) is 4. The molecular formula is C10H14N2O3. The third-order valence-corrected chi connectivity index (χ3v) is 1.97. The summed E-state index contributed by atoms with van der Waals surface area (Å²) in [5, 5.41) is 8.69. The second kappa shape index (κ2) is 5.31. The average Bonchev–Trinajstić information content (AvgIpc) is 2.28. The van der Waals surface area contributed by atoms with Crippen LogP contribution in [-0.2, 0) is 0 Å². The van der Waals surface area contributed by atoms with Crippen LogP contribution in [0.2, 0.25) is 0 Å². The van der Waals surface area contributed by atoms with Gasteiger partial charge in [-0.2, -0.15) is 0 Å². The van der Waals surface area contributed by atoms with Gasteiger partial charge in [0.25, 0.3) is 5.91 Å². The van der Waals surface area contributed by atoms with Crippen LogP contribution in [-0.4, -0.2) is 48.2 Å². The largest absolute Gasteiger partial charge is 0.481 e. The number of hydrogen-bond donors (Lipinski definition) is 1. The number of nitrogens with zero attached hydrogens (tertiary/aromatic N) is 2. The maximum Gasteiger partial charge on any atom is 0.255 e. The zero-order chi connectivity index (χ0) is 11.3. The summed E-state index contributed by atoms with van der Waals surface area (Å²) in [6.45, 7) is 0.261. The SMILES string of the molecule is COc1ccc(C(=O)N(C)CCO)cn1. The summed E-state index contributed by atoms with van der Waals surface area (Å²) in [5.41, 5.74) is 0.478. The summed E-state index contributed by atoms with van der Waals surface area (Å²) in [5.74, 6) is 0.301. The van der Waals surface area contributed by atoms with Crippen molar-refractivity contribution < 1.29 is 14.6 Å². The molecule has 0 aromatic carbocycles. The summed E-state index contributed by atoms with van der Waals surface area (Å²) < 4.78 is 4.88. The second-order valence-electron chi connectivity index (χ2n) is 3.04. The Balaban J connectivity index is 2.73. The number of methoxy groups -OCH3 is 1. The number of carbonyl (C=O) groups excluding carboxylic acids is 1. The van der Waals surface area contributed by atoms with Crippen molar-refractivity contribution in [3.8, 4) is 5.88 Å². The summed E-state index contributed by atoms with van der Waals surface area (Å²) in [6.07, 6.45) is 1.45. The summed E-state index contributed by atoms with van der Waals surface area (Å²) in [6, 6.07) is 3.27. The molecule has 1 amide bonds. The van der Waals surface area contributed by atoms with Crippen LogP contribution >= 0.6 is 0 Å². The quantitative estimate of drug-likeness (QED) is 0.768. The standard InChI is InChI=1S/C10H14N2O3/c1-12(5-6-13)10(14)8-3-4-9(15-2)11-7-8/h3-4,7,13H,5-6H2,1-2H3. The Morgan fingerprint density at radius 3 is 2.80 bits per heavy atom. The third kappa shape index (κ3) is 2.92. The molecule has 0 aliphatic rings.